The number of unbranched alkanes of at least 4 members (excludes halogenated alkanes) is 1. The number of H-pyrrole nitrogens is 1. The van der Waals surface area contributed by atoms with Crippen LogP contribution in [0, 0.1) is 0 Å². The first-order valence-electron chi connectivity index (χ1n) is 14.2. The highest BCUT2D eigenvalue weighted by Gasteiger charge is 2.21. The van der Waals surface area contributed by atoms with Crippen LogP contribution < -0.4 is 33.2 Å². The van der Waals surface area contributed by atoms with Crippen molar-refractivity contribution in [3.63, 3.8) is 0 Å². The van der Waals surface area contributed by atoms with E-state index in [1.54, 1.807) is 24.3 Å². The number of anilines is 1. The number of rotatable bonds is 14. The van der Waals surface area contributed by atoms with Crippen LogP contribution in [0.5, 0.6) is 0 Å². The lowest BCUT2D eigenvalue weighted by molar-refractivity contribution is -0.123. The Morgan fingerprint density at radius 1 is 0.833 bits per heavy atom. The molecule has 0 fully saturated rings. The third-order valence-electron chi connectivity index (χ3n) is 7.05. The minimum absolute atomic E-state index is 0.270. The molecule has 4 rings (SSSR count). The molecule has 10 nitrogen and oxygen atoms in total. The van der Waals surface area contributed by atoms with E-state index < -0.39 is 12.1 Å². The first kappa shape index (κ1) is 30.4. The minimum atomic E-state index is -0.736. The maximum atomic E-state index is 13.1. The number of para-hydroxylation sites is 1. The molecule has 3 aromatic carbocycles. The Morgan fingerprint density at radius 2 is 1.60 bits per heavy atom. The Balaban J connectivity index is 1.42. The van der Waals surface area contributed by atoms with Crippen LogP contribution in [-0.2, 0) is 16.0 Å². The second kappa shape index (κ2) is 14.9. The summed E-state index contributed by atoms with van der Waals surface area (Å²) < 4.78 is 0. The number of hydrogen-bond acceptors (Lipinski definition) is 6. The third-order valence-corrected chi connectivity index (χ3v) is 7.05. The Labute approximate surface area is 245 Å². The summed E-state index contributed by atoms with van der Waals surface area (Å²) >= 11 is 0. The fourth-order valence-corrected chi connectivity index (χ4v) is 4.80. The number of benzene rings is 3. The minimum Gasteiger partial charge on any atom is -0.361 e. The topological polar surface area (TPSA) is 181 Å². The van der Waals surface area contributed by atoms with E-state index >= 15 is 0 Å². The summed E-state index contributed by atoms with van der Waals surface area (Å²) in [6.07, 6.45) is 4.22. The first-order valence-corrected chi connectivity index (χ1v) is 14.2. The monoisotopic (exact) mass is 569 g/mol. The molecule has 0 radical (unpaired) electrons. The normalized spacial score (nSPS) is 12.5. The van der Waals surface area contributed by atoms with E-state index in [-0.39, 0.29) is 17.7 Å². The zero-order chi connectivity index (χ0) is 29.9. The molecular formula is C32H39N7O3. The molecule has 4 aromatic rings. The largest absolute Gasteiger partial charge is 0.361 e. The zero-order valence-electron chi connectivity index (χ0n) is 23.6. The summed E-state index contributed by atoms with van der Waals surface area (Å²) in [4.78, 5) is 41.9. The average molecular weight is 570 g/mol. The van der Waals surface area contributed by atoms with Gasteiger partial charge in [-0.2, -0.15) is 0 Å². The van der Waals surface area contributed by atoms with Crippen LogP contribution in [-0.4, -0.2) is 54.4 Å². The number of nitrogens with two attached hydrogens (primary N) is 3. The maximum absolute atomic E-state index is 13.1. The standard InChI is InChI=1S/C32H39N7O3/c33-14-4-3-13-29(32(42)36-16-15-34)39-30(40)23-9-5-7-21(17-23)22-8-6-10-25(18-22)38-31(41)27(35)19-24-20-37-28-12-2-1-11-26(24)28/h1-2,5-12,17-18,20,27,29,37H,3-4,13-16,19,33-35H2,(H,36,42)(H,38,41)(H,39,40)/t27-,29-/m0/s1. The van der Waals surface area contributed by atoms with Gasteiger partial charge in [0.1, 0.15) is 6.04 Å². The third kappa shape index (κ3) is 8.03. The summed E-state index contributed by atoms with van der Waals surface area (Å²) in [6, 6.07) is 20.9. The molecule has 0 spiro atoms. The van der Waals surface area contributed by atoms with Crippen molar-refractivity contribution in [1.29, 1.82) is 0 Å². The number of hydrogen-bond donors (Lipinski definition) is 7. The van der Waals surface area contributed by atoms with E-state index in [4.69, 9.17) is 17.2 Å². The van der Waals surface area contributed by atoms with Gasteiger partial charge in [-0.15, -0.1) is 0 Å². The van der Waals surface area contributed by atoms with Gasteiger partial charge < -0.3 is 38.1 Å². The maximum Gasteiger partial charge on any atom is 0.251 e. The van der Waals surface area contributed by atoms with Gasteiger partial charge in [0.05, 0.1) is 6.04 Å². The molecule has 10 heteroatoms. The van der Waals surface area contributed by atoms with E-state index in [0.29, 0.717) is 50.1 Å². The van der Waals surface area contributed by atoms with E-state index in [2.05, 4.69) is 20.9 Å². The van der Waals surface area contributed by atoms with Crippen molar-refractivity contribution in [2.24, 2.45) is 17.2 Å². The molecule has 2 atom stereocenters. The Morgan fingerprint density at radius 3 is 2.38 bits per heavy atom. The van der Waals surface area contributed by atoms with Gasteiger partial charge in [-0.3, -0.25) is 14.4 Å². The van der Waals surface area contributed by atoms with E-state index in [9.17, 15) is 14.4 Å². The van der Waals surface area contributed by atoms with Gasteiger partial charge in [-0.1, -0.05) is 42.5 Å². The first-order chi connectivity index (χ1) is 20.4. The van der Waals surface area contributed by atoms with Crippen LogP contribution >= 0.6 is 0 Å². The average Bonchev–Trinajstić information content (AvgIpc) is 3.42. The van der Waals surface area contributed by atoms with Crippen molar-refractivity contribution in [3.8, 4) is 11.1 Å². The van der Waals surface area contributed by atoms with Crippen molar-refractivity contribution >= 4 is 34.3 Å². The second-order valence-electron chi connectivity index (χ2n) is 10.2. The molecule has 0 saturated carbocycles. The van der Waals surface area contributed by atoms with Crippen LogP contribution in [0.3, 0.4) is 0 Å². The zero-order valence-corrected chi connectivity index (χ0v) is 23.6. The van der Waals surface area contributed by atoms with E-state index in [0.717, 1.165) is 34.0 Å². The molecule has 1 heterocycles. The molecule has 0 bridgehead atoms. The summed E-state index contributed by atoms with van der Waals surface area (Å²) in [5.74, 6) is -0.919. The van der Waals surface area contributed by atoms with Crippen LogP contribution in [0.1, 0.15) is 35.2 Å². The lowest BCUT2D eigenvalue weighted by Gasteiger charge is -2.18. The lowest BCUT2D eigenvalue weighted by Crippen LogP contribution is -2.47. The molecule has 0 aliphatic rings. The summed E-state index contributed by atoms with van der Waals surface area (Å²) in [5.41, 5.74) is 22.0. The van der Waals surface area contributed by atoms with Crippen LogP contribution in [0.2, 0.25) is 0 Å². The smallest absolute Gasteiger partial charge is 0.251 e. The fourth-order valence-electron chi connectivity index (χ4n) is 4.80. The summed E-state index contributed by atoms with van der Waals surface area (Å²) in [6.45, 7) is 1.16. The molecular weight excluding hydrogens is 530 g/mol. The van der Waals surface area contributed by atoms with Gasteiger partial charge in [0, 0.05) is 41.4 Å². The van der Waals surface area contributed by atoms with Crippen LogP contribution in [0.15, 0.2) is 79.0 Å². The van der Waals surface area contributed by atoms with Gasteiger partial charge in [0.2, 0.25) is 11.8 Å². The number of nitrogens with one attached hydrogen (secondary N) is 4. The van der Waals surface area contributed by atoms with Crippen LogP contribution in [0.25, 0.3) is 22.0 Å². The summed E-state index contributed by atoms with van der Waals surface area (Å²) in [5, 5.41) is 9.56. The number of amides is 3. The molecule has 42 heavy (non-hydrogen) atoms. The molecule has 220 valence electrons. The van der Waals surface area contributed by atoms with Crippen LogP contribution in [0.4, 0.5) is 5.69 Å². The van der Waals surface area contributed by atoms with Gasteiger partial charge in [-0.25, -0.2) is 0 Å². The quantitative estimate of drug-likeness (QED) is 0.115. The number of aromatic nitrogens is 1. The van der Waals surface area contributed by atoms with E-state index in [1.807, 2.05) is 54.7 Å². The molecule has 0 unspecified atom stereocenters. The molecule has 1 aromatic heterocycles. The highest BCUT2D eigenvalue weighted by molar-refractivity contribution is 5.99. The lowest BCUT2D eigenvalue weighted by atomic mass is 10.0. The Kier molecular flexibility index (Phi) is 10.8. The number of fused-ring (bicyclic) bond motifs is 1. The predicted molar refractivity (Wildman–Crippen MR) is 167 cm³/mol. The Bertz CT molecular complexity index is 1520. The second-order valence-corrected chi connectivity index (χ2v) is 10.2. The van der Waals surface area contributed by atoms with Gasteiger partial charge in [-0.05, 0) is 79.3 Å². The molecule has 0 saturated heterocycles. The number of aromatic amines is 1. The van der Waals surface area contributed by atoms with Gasteiger partial charge in [0.15, 0.2) is 0 Å². The van der Waals surface area contributed by atoms with Gasteiger partial charge in [0.25, 0.3) is 5.91 Å². The van der Waals surface area contributed by atoms with Crippen molar-refractivity contribution in [3.05, 3.63) is 90.1 Å². The highest BCUT2D eigenvalue weighted by atomic mass is 16.2. The Hall–Kier alpha value is -4.51. The van der Waals surface area contributed by atoms with Crippen molar-refractivity contribution in [1.82, 2.24) is 15.6 Å². The SMILES string of the molecule is NCCCC[C@H](NC(=O)c1cccc(-c2cccc(NC(=O)[C@@H](N)Cc3c[nH]c4ccccc34)c2)c1)C(=O)NCCN. The number of carbonyl (C=O) groups is 3. The number of carbonyl (C=O) groups excluding carboxylic acids is 3. The fraction of sp³-hybridized carbons (Fsp3) is 0.281. The van der Waals surface area contributed by atoms with Gasteiger partial charge >= 0.3 is 0 Å². The van der Waals surface area contributed by atoms with Crippen molar-refractivity contribution in [2.75, 3.05) is 25.0 Å². The van der Waals surface area contributed by atoms with Crippen molar-refractivity contribution in [2.45, 2.75) is 37.8 Å². The molecule has 10 N–H and O–H groups in total. The molecule has 0 aliphatic heterocycles. The summed E-state index contributed by atoms with van der Waals surface area (Å²) in [7, 11) is 0. The highest BCUT2D eigenvalue weighted by Crippen LogP contribution is 2.24. The molecule has 3 amide bonds. The van der Waals surface area contributed by atoms with E-state index in [1.165, 1.54) is 0 Å². The predicted octanol–water partition coefficient (Wildman–Crippen LogP) is 2.65. The molecule has 0 aliphatic carbocycles. The van der Waals surface area contributed by atoms with Crippen molar-refractivity contribution < 1.29 is 14.4 Å².